The van der Waals surface area contributed by atoms with Gasteiger partial charge in [0.25, 0.3) is 5.91 Å². The van der Waals surface area contributed by atoms with Crippen LogP contribution in [0.1, 0.15) is 21.5 Å². The zero-order valence-electron chi connectivity index (χ0n) is 16.5. The van der Waals surface area contributed by atoms with E-state index < -0.39 is 18.5 Å². The largest absolute Gasteiger partial charge is 0.452 e. The van der Waals surface area contributed by atoms with Crippen molar-refractivity contribution in [1.29, 1.82) is 0 Å². The molecule has 0 bridgehead atoms. The second-order valence-electron chi connectivity index (χ2n) is 6.54. The van der Waals surface area contributed by atoms with Crippen molar-refractivity contribution in [3.05, 3.63) is 105 Å². The Balaban J connectivity index is 1.63. The Morgan fingerprint density at radius 2 is 1.56 bits per heavy atom. The van der Waals surface area contributed by atoms with Crippen molar-refractivity contribution >= 4 is 64.2 Å². The first-order valence-corrected chi connectivity index (χ1v) is 10.5. The van der Waals surface area contributed by atoms with Gasteiger partial charge in [-0.05, 0) is 42.0 Å². The molecule has 0 aliphatic rings. The van der Waals surface area contributed by atoms with E-state index >= 15 is 0 Å². The van der Waals surface area contributed by atoms with Crippen molar-refractivity contribution in [2.24, 2.45) is 0 Å². The number of carbonyl (C=O) groups is 3. The zero-order valence-corrected chi connectivity index (χ0v) is 18.7. The van der Waals surface area contributed by atoms with Gasteiger partial charge in [-0.15, -0.1) is 0 Å². The maximum Gasteiger partial charge on any atom is 0.331 e. The number of hydrogen-bond acceptors (Lipinski definition) is 4. The molecule has 0 atom stereocenters. The van der Waals surface area contributed by atoms with Gasteiger partial charge in [-0.3, -0.25) is 9.59 Å². The number of ketones is 1. The Hall–Kier alpha value is -3.12. The molecule has 5 nitrogen and oxygen atoms in total. The molecule has 8 heteroatoms. The molecule has 0 saturated heterocycles. The van der Waals surface area contributed by atoms with Crippen LogP contribution in [0.25, 0.3) is 6.08 Å². The summed E-state index contributed by atoms with van der Waals surface area (Å²) in [5.74, 6) is -1.65. The van der Waals surface area contributed by atoms with Crippen molar-refractivity contribution in [3.8, 4) is 0 Å². The van der Waals surface area contributed by atoms with Crippen molar-refractivity contribution < 1.29 is 19.1 Å². The first kappa shape index (κ1) is 23.5. The standard InChI is InChI=1S/C24H16Cl3NO4/c25-17-9-10-21(19(12-17)24(31)16-4-2-1-3-5-16)28-22(29)14-32-23(30)11-7-15-6-8-18(26)13-20(15)27/h1-13H,14H2,(H,28,29)/b11-7+. The number of ether oxygens (including phenoxy) is 1. The van der Waals surface area contributed by atoms with Gasteiger partial charge in [-0.1, -0.05) is 71.2 Å². The molecule has 0 aliphatic carbocycles. The number of amides is 1. The zero-order chi connectivity index (χ0) is 23.1. The van der Waals surface area contributed by atoms with Gasteiger partial charge in [0.05, 0.1) is 5.69 Å². The summed E-state index contributed by atoms with van der Waals surface area (Å²) >= 11 is 17.9. The molecule has 0 aliphatic heterocycles. The lowest BCUT2D eigenvalue weighted by atomic mass is 10.0. The summed E-state index contributed by atoms with van der Waals surface area (Å²) in [4.78, 5) is 37.0. The number of nitrogens with one attached hydrogen (secondary N) is 1. The number of carbonyl (C=O) groups excluding carboxylic acids is 3. The van der Waals surface area contributed by atoms with Gasteiger partial charge in [0, 0.05) is 32.3 Å². The van der Waals surface area contributed by atoms with E-state index in [1.165, 1.54) is 18.2 Å². The summed E-state index contributed by atoms with van der Waals surface area (Å²) in [6.07, 6.45) is 2.60. The van der Waals surface area contributed by atoms with E-state index in [1.54, 1.807) is 54.6 Å². The Morgan fingerprint density at radius 1 is 0.875 bits per heavy atom. The topological polar surface area (TPSA) is 72.5 Å². The number of rotatable bonds is 7. The summed E-state index contributed by atoms with van der Waals surface area (Å²) in [6, 6.07) is 17.9. The van der Waals surface area contributed by atoms with Crippen LogP contribution in [-0.4, -0.2) is 24.3 Å². The smallest absolute Gasteiger partial charge is 0.331 e. The molecule has 32 heavy (non-hydrogen) atoms. The van der Waals surface area contributed by atoms with E-state index in [0.29, 0.717) is 26.2 Å². The third-order valence-corrected chi connectivity index (χ3v) is 5.04. The van der Waals surface area contributed by atoms with Crippen LogP contribution in [0.5, 0.6) is 0 Å². The Bertz CT molecular complexity index is 1190. The lowest BCUT2D eigenvalue weighted by molar-refractivity contribution is -0.142. The van der Waals surface area contributed by atoms with Crippen molar-refractivity contribution in [1.82, 2.24) is 0 Å². The highest BCUT2D eigenvalue weighted by molar-refractivity contribution is 6.35. The number of esters is 1. The Morgan fingerprint density at radius 3 is 2.28 bits per heavy atom. The molecule has 1 N–H and O–H groups in total. The molecule has 0 heterocycles. The molecular weight excluding hydrogens is 473 g/mol. The number of hydrogen-bond donors (Lipinski definition) is 1. The summed E-state index contributed by atoms with van der Waals surface area (Å²) < 4.78 is 4.95. The maximum atomic E-state index is 12.8. The summed E-state index contributed by atoms with van der Waals surface area (Å²) in [5, 5.41) is 3.77. The number of anilines is 1. The van der Waals surface area contributed by atoms with E-state index in [1.807, 2.05) is 0 Å². The molecule has 0 fully saturated rings. The van der Waals surface area contributed by atoms with Crippen molar-refractivity contribution in [2.45, 2.75) is 0 Å². The first-order valence-electron chi connectivity index (χ1n) is 9.32. The minimum atomic E-state index is -0.733. The molecular formula is C24H16Cl3NO4. The van der Waals surface area contributed by atoms with Gasteiger partial charge in [-0.25, -0.2) is 4.79 Å². The van der Waals surface area contributed by atoms with Crippen LogP contribution in [0.15, 0.2) is 72.8 Å². The fraction of sp³-hybridized carbons (Fsp3) is 0.0417. The van der Waals surface area contributed by atoms with Crippen LogP contribution in [0.2, 0.25) is 15.1 Å². The van der Waals surface area contributed by atoms with E-state index in [-0.39, 0.29) is 17.0 Å². The second kappa shape index (κ2) is 11.0. The van der Waals surface area contributed by atoms with Crippen molar-refractivity contribution in [3.63, 3.8) is 0 Å². The number of benzene rings is 3. The van der Waals surface area contributed by atoms with E-state index in [4.69, 9.17) is 39.5 Å². The molecule has 3 aromatic carbocycles. The average Bonchev–Trinajstić information content (AvgIpc) is 2.78. The predicted molar refractivity (Wildman–Crippen MR) is 126 cm³/mol. The van der Waals surface area contributed by atoms with E-state index in [9.17, 15) is 14.4 Å². The number of halogens is 3. The SMILES string of the molecule is O=C(COC(=O)/C=C/c1ccc(Cl)cc1Cl)Nc1ccc(Cl)cc1C(=O)c1ccccc1. The molecule has 0 spiro atoms. The lowest BCUT2D eigenvalue weighted by Crippen LogP contribution is -2.21. The fourth-order valence-electron chi connectivity index (χ4n) is 2.72. The van der Waals surface area contributed by atoms with Gasteiger partial charge in [0.2, 0.25) is 0 Å². The van der Waals surface area contributed by atoms with Crippen LogP contribution in [0.3, 0.4) is 0 Å². The highest BCUT2D eigenvalue weighted by Gasteiger charge is 2.16. The lowest BCUT2D eigenvalue weighted by Gasteiger charge is -2.11. The fourth-order valence-corrected chi connectivity index (χ4v) is 3.37. The molecule has 3 rings (SSSR count). The van der Waals surface area contributed by atoms with Crippen LogP contribution in [0, 0.1) is 0 Å². The quantitative estimate of drug-likeness (QED) is 0.249. The molecule has 3 aromatic rings. The molecule has 0 saturated carbocycles. The molecule has 0 aromatic heterocycles. The minimum Gasteiger partial charge on any atom is -0.452 e. The third-order valence-electron chi connectivity index (χ3n) is 4.24. The van der Waals surface area contributed by atoms with Gasteiger partial charge in [0.15, 0.2) is 12.4 Å². The highest BCUT2D eigenvalue weighted by atomic mass is 35.5. The monoisotopic (exact) mass is 487 g/mol. The molecule has 0 radical (unpaired) electrons. The Labute approximate surface area is 199 Å². The van der Waals surface area contributed by atoms with Crippen LogP contribution in [-0.2, 0) is 14.3 Å². The van der Waals surface area contributed by atoms with Gasteiger partial charge >= 0.3 is 5.97 Å². The van der Waals surface area contributed by atoms with Gasteiger partial charge in [0.1, 0.15) is 0 Å². The molecule has 162 valence electrons. The summed E-state index contributed by atoms with van der Waals surface area (Å²) in [7, 11) is 0. The summed E-state index contributed by atoms with van der Waals surface area (Å²) in [6.45, 7) is -0.543. The third kappa shape index (κ3) is 6.44. The van der Waals surface area contributed by atoms with Gasteiger partial charge in [-0.2, -0.15) is 0 Å². The average molecular weight is 489 g/mol. The van der Waals surface area contributed by atoms with Gasteiger partial charge < -0.3 is 10.1 Å². The summed E-state index contributed by atoms with van der Waals surface area (Å²) in [5.41, 5.74) is 1.50. The minimum absolute atomic E-state index is 0.223. The predicted octanol–water partition coefficient (Wildman–Crippen LogP) is 6.07. The van der Waals surface area contributed by atoms with Crippen LogP contribution in [0.4, 0.5) is 5.69 Å². The highest BCUT2D eigenvalue weighted by Crippen LogP contribution is 2.24. The first-order chi connectivity index (χ1) is 15.3. The van der Waals surface area contributed by atoms with E-state index in [0.717, 1.165) is 6.08 Å². The normalized spacial score (nSPS) is 10.7. The van der Waals surface area contributed by atoms with Crippen molar-refractivity contribution in [2.75, 3.05) is 11.9 Å². The molecule has 1 amide bonds. The maximum absolute atomic E-state index is 12.8. The second-order valence-corrected chi connectivity index (χ2v) is 7.82. The Kier molecular flexibility index (Phi) is 8.06. The van der Waals surface area contributed by atoms with E-state index in [2.05, 4.69) is 5.32 Å². The van der Waals surface area contributed by atoms with Crippen LogP contribution >= 0.6 is 34.8 Å². The van der Waals surface area contributed by atoms with Crippen LogP contribution < -0.4 is 5.32 Å². The molecule has 0 unspecified atom stereocenters.